The third-order valence-electron chi connectivity index (χ3n) is 4.14. The maximum Gasteiger partial charge on any atom is 0.0737 e. The van der Waals surface area contributed by atoms with Gasteiger partial charge in [-0.1, -0.05) is 38.3 Å². The second kappa shape index (κ2) is 8.96. The highest BCUT2D eigenvalue weighted by Crippen LogP contribution is 2.24. The summed E-state index contributed by atoms with van der Waals surface area (Å²) in [7, 11) is 0. The van der Waals surface area contributed by atoms with Crippen LogP contribution in [-0.2, 0) is 0 Å². The van der Waals surface area contributed by atoms with Gasteiger partial charge in [-0.3, -0.25) is 4.98 Å². The fourth-order valence-electron chi connectivity index (χ4n) is 2.60. The van der Waals surface area contributed by atoms with E-state index in [1.165, 1.54) is 12.8 Å². The normalized spacial score (nSPS) is 11.3. The van der Waals surface area contributed by atoms with Gasteiger partial charge in [0.1, 0.15) is 0 Å². The van der Waals surface area contributed by atoms with Crippen molar-refractivity contribution in [3.8, 4) is 0 Å². The number of nitrogens with one attached hydrogen (secondary N) is 2. The Morgan fingerprint density at radius 2 is 1.95 bits per heavy atom. The highest BCUT2D eigenvalue weighted by Gasteiger charge is 2.03. The molecule has 2 N–H and O–H groups in total. The molecule has 4 heteroatoms. The molecular formula is C18H26ClN3. The third kappa shape index (κ3) is 4.85. The van der Waals surface area contributed by atoms with Crippen molar-refractivity contribution in [3.05, 3.63) is 35.5 Å². The summed E-state index contributed by atoms with van der Waals surface area (Å²) in [6, 6.07) is 7.86. The molecule has 0 atom stereocenters. The molecule has 1 aromatic carbocycles. The molecule has 0 saturated heterocycles. The van der Waals surface area contributed by atoms with E-state index in [0.29, 0.717) is 0 Å². The molecule has 0 fully saturated rings. The van der Waals surface area contributed by atoms with Gasteiger partial charge in [0, 0.05) is 28.8 Å². The summed E-state index contributed by atoms with van der Waals surface area (Å²) in [4.78, 5) is 4.36. The van der Waals surface area contributed by atoms with Crippen molar-refractivity contribution in [2.45, 2.75) is 33.1 Å². The molecule has 0 unspecified atom stereocenters. The van der Waals surface area contributed by atoms with Crippen LogP contribution in [0, 0.1) is 5.92 Å². The molecule has 1 heterocycles. The van der Waals surface area contributed by atoms with E-state index in [1.807, 2.05) is 30.5 Å². The van der Waals surface area contributed by atoms with Crippen molar-refractivity contribution in [1.82, 2.24) is 10.3 Å². The van der Waals surface area contributed by atoms with Gasteiger partial charge in [-0.15, -0.1) is 0 Å². The topological polar surface area (TPSA) is 37.0 Å². The molecule has 1 aromatic heterocycles. The van der Waals surface area contributed by atoms with Crippen molar-refractivity contribution in [1.29, 1.82) is 0 Å². The summed E-state index contributed by atoms with van der Waals surface area (Å²) in [6.07, 6.45) is 5.45. The Labute approximate surface area is 138 Å². The van der Waals surface area contributed by atoms with Crippen molar-refractivity contribution < 1.29 is 0 Å². The number of pyridine rings is 1. The number of hydrogen-bond acceptors (Lipinski definition) is 3. The highest BCUT2D eigenvalue weighted by atomic mass is 35.5. The van der Waals surface area contributed by atoms with E-state index in [9.17, 15) is 0 Å². The molecule has 0 aliphatic rings. The van der Waals surface area contributed by atoms with Crippen molar-refractivity contribution >= 4 is 28.2 Å². The van der Waals surface area contributed by atoms with Crippen LogP contribution in [-0.4, -0.2) is 24.6 Å². The molecule has 0 radical (unpaired) electrons. The second-order valence-corrected chi connectivity index (χ2v) is 6.12. The predicted octanol–water partition coefficient (Wildman–Crippen LogP) is 4.72. The first-order chi connectivity index (χ1) is 10.7. The van der Waals surface area contributed by atoms with Gasteiger partial charge in [-0.2, -0.15) is 0 Å². The number of benzene rings is 1. The van der Waals surface area contributed by atoms with Crippen LogP contribution in [0.3, 0.4) is 0 Å². The summed E-state index contributed by atoms with van der Waals surface area (Å²) < 4.78 is 0. The molecule has 2 rings (SSSR count). The van der Waals surface area contributed by atoms with Gasteiger partial charge in [0.15, 0.2) is 0 Å². The Hall–Kier alpha value is -1.32. The lowest BCUT2D eigenvalue weighted by molar-refractivity contribution is 0.449. The monoisotopic (exact) mass is 319 g/mol. The van der Waals surface area contributed by atoms with Gasteiger partial charge < -0.3 is 10.6 Å². The van der Waals surface area contributed by atoms with Crippen molar-refractivity contribution in [2.75, 3.05) is 25.0 Å². The summed E-state index contributed by atoms with van der Waals surface area (Å²) in [5.41, 5.74) is 2.06. The van der Waals surface area contributed by atoms with E-state index >= 15 is 0 Å². The van der Waals surface area contributed by atoms with Crippen LogP contribution >= 0.6 is 11.6 Å². The van der Waals surface area contributed by atoms with Gasteiger partial charge in [-0.25, -0.2) is 0 Å². The lowest BCUT2D eigenvalue weighted by Gasteiger charge is -2.14. The Morgan fingerprint density at radius 3 is 2.73 bits per heavy atom. The minimum Gasteiger partial charge on any atom is -0.384 e. The fraction of sp³-hybridized carbons (Fsp3) is 0.500. The van der Waals surface area contributed by atoms with E-state index in [1.54, 1.807) is 0 Å². The second-order valence-electron chi connectivity index (χ2n) is 5.69. The number of anilines is 1. The number of fused-ring (bicyclic) bond motifs is 1. The zero-order valence-corrected chi connectivity index (χ0v) is 14.3. The quantitative estimate of drug-likeness (QED) is 0.657. The maximum atomic E-state index is 6.01. The molecular weight excluding hydrogens is 294 g/mol. The Balaban J connectivity index is 1.78. The summed E-state index contributed by atoms with van der Waals surface area (Å²) in [5, 5.41) is 8.90. The molecule has 0 aliphatic heterocycles. The average molecular weight is 320 g/mol. The van der Waals surface area contributed by atoms with E-state index in [-0.39, 0.29) is 0 Å². The van der Waals surface area contributed by atoms with Crippen LogP contribution in [0.25, 0.3) is 10.9 Å². The largest absolute Gasteiger partial charge is 0.384 e. The fourth-order valence-corrected chi connectivity index (χ4v) is 2.76. The molecule has 0 saturated carbocycles. The molecule has 0 bridgehead atoms. The van der Waals surface area contributed by atoms with Crippen LogP contribution in [0.1, 0.15) is 33.1 Å². The Kier molecular flexibility index (Phi) is 6.94. The smallest absolute Gasteiger partial charge is 0.0737 e. The number of halogens is 1. The van der Waals surface area contributed by atoms with Crippen LogP contribution in [0.5, 0.6) is 0 Å². The molecule has 2 aromatic rings. The Bertz CT molecular complexity index is 582. The molecule has 0 amide bonds. The zero-order chi connectivity index (χ0) is 15.8. The SMILES string of the molecule is CCC(CC)CNCCCNc1ccnc2cc(Cl)ccc12. The predicted molar refractivity (Wildman–Crippen MR) is 96.8 cm³/mol. The highest BCUT2D eigenvalue weighted by molar-refractivity contribution is 6.31. The van der Waals surface area contributed by atoms with Crippen LogP contribution in [0.4, 0.5) is 5.69 Å². The number of aromatic nitrogens is 1. The first kappa shape index (κ1) is 17.0. The summed E-state index contributed by atoms with van der Waals surface area (Å²) in [6.45, 7) is 7.66. The van der Waals surface area contributed by atoms with Gasteiger partial charge in [0.05, 0.1) is 5.52 Å². The van der Waals surface area contributed by atoms with Crippen LogP contribution < -0.4 is 10.6 Å². The molecule has 22 heavy (non-hydrogen) atoms. The summed E-state index contributed by atoms with van der Waals surface area (Å²) >= 11 is 6.01. The van der Waals surface area contributed by atoms with E-state index in [2.05, 4.69) is 29.5 Å². The number of hydrogen-bond donors (Lipinski definition) is 2. The maximum absolute atomic E-state index is 6.01. The molecule has 120 valence electrons. The molecule has 0 spiro atoms. The minimum absolute atomic E-state index is 0.725. The summed E-state index contributed by atoms with van der Waals surface area (Å²) in [5.74, 6) is 0.807. The number of nitrogens with zero attached hydrogens (tertiary/aromatic N) is 1. The van der Waals surface area contributed by atoms with Crippen molar-refractivity contribution in [2.24, 2.45) is 5.92 Å². The first-order valence-corrected chi connectivity index (χ1v) is 8.61. The van der Waals surface area contributed by atoms with Gasteiger partial charge >= 0.3 is 0 Å². The molecule has 0 aliphatic carbocycles. The molecule has 3 nitrogen and oxygen atoms in total. The minimum atomic E-state index is 0.725. The first-order valence-electron chi connectivity index (χ1n) is 8.23. The standard InChI is InChI=1S/C18H26ClN3/c1-3-14(4-2)13-20-9-5-10-21-17-8-11-22-18-12-15(19)6-7-16(17)18/h6-8,11-12,14,20H,3-5,9-10,13H2,1-2H3,(H,21,22). The average Bonchev–Trinajstić information content (AvgIpc) is 2.54. The lowest BCUT2D eigenvalue weighted by atomic mass is 10.0. The van der Waals surface area contributed by atoms with Gasteiger partial charge in [0.2, 0.25) is 0 Å². The third-order valence-corrected chi connectivity index (χ3v) is 4.37. The van der Waals surface area contributed by atoms with Crippen molar-refractivity contribution in [3.63, 3.8) is 0 Å². The van der Waals surface area contributed by atoms with Crippen LogP contribution in [0.2, 0.25) is 5.02 Å². The van der Waals surface area contributed by atoms with E-state index in [4.69, 9.17) is 11.6 Å². The van der Waals surface area contributed by atoms with E-state index < -0.39 is 0 Å². The van der Waals surface area contributed by atoms with Gasteiger partial charge in [-0.05, 0) is 49.7 Å². The Morgan fingerprint density at radius 1 is 1.14 bits per heavy atom. The lowest BCUT2D eigenvalue weighted by Crippen LogP contribution is -2.24. The van der Waals surface area contributed by atoms with Crippen LogP contribution in [0.15, 0.2) is 30.5 Å². The van der Waals surface area contributed by atoms with Gasteiger partial charge in [0.25, 0.3) is 0 Å². The van der Waals surface area contributed by atoms with E-state index in [0.717, 1.165) is 53.6 Å². The number of rotatable bonds is 9. The zero-order valence-electron chi connectivity index (χ0n) is 13.5.